The van der Waals surface area contributed by atoms with Crippen LogP contribution in [0.3, 0.4) is 0 Å². The molecule has 0 spiro atoms. The molecule has 0 aliphatic carbocycles. The van der Waals surface area contributed by atoms with Crippen LogP contribution < -0.4 is 0 Å². The molecule has 0 fully saturated rings. The molecule has 0 aromatic rings. The van der Waals surface area contributed by atoms with Gasteiger partial charge in [-0.1, -0.05) is 53.4 Å². The Balaban J connectivity index is 4.47. The van der Waals surface area contributed by atoms with Crippen molar-refractivity contribution in [1.29, 1.82) is 0 Å². The molecule has 0 aliphatic heterocycles. The molecule has 0 saturated heterocycles. The van der Waals surface area contributed by atoms with Crippen molar-refractivity contribution < 1.29 is 0 Å². The van der Waals surface area contributed by atoms with Crippen molar-refractivity contribution in [3.05, 3.63) is 0 Å². The molecule has 3 heteroatoms. The fourth-order valence-corrected chi connectivity index (χ4v) is 4.80. The summed E-state index contributed by atoms with van der Waals surface area (Å²) in [5, 5.41) is 1.59. The van der Waals surface area contributed by atoms with Gasteiger partial charge in [0.2, 0.25) is 0 Å². The van der Waals surface area contributed by atoms with E-state index in [2.05, 4.69) is 27.7 Å². The second kappa shape index (κ2) is 12.6. The summed E-state index contributed by atoms with van der Waals surface area (Å²) < 4.78 is 0. The molecule has 4 unspecified atom stereocenters. The van der Waals surface area contributed by atoms with Crippen LogP contribution >= 0.6 is 37.9 Å². The first-order valence-electron chi connectivity index (χ1n) is 8.54. The average molecular weight is 337 g/mol. The molecular formula is C17H36S3. The topological polar surface area (TPSA) is 0 Å². The lowest BCUT2D eigenvalue weighted by atomic mass is 9.83. The average Bonchev–Trinajstić information content (AvgIpc) is 2.42. The second-order valence-corrected chi connectivity index (χ2v) is 8.24. The molecule has 0 aliphatic rings. The standard InChI is InChI=1S/C17H36S3/c1-5-9-15(18)11-13(7-3)17(20)14(8-4)12-16(19)10-6-2/h13-20H,5-12H2,1-4H3. The van der Waals surface area contributed by atoms with Gasteiger partial charge < -0.3 is 0 Å². The third-order valence-electron chi connectivity index (χ3n) is 4.41. The highest BCUT2D eigenvalue weighted by molar-refractivity contribution is 7.81. The summed E-state index contributed by atoms with van der Waals surface area (Å²) in [6.45, 7) is 9.09. The van der Waals surface area contributed by atoms with Crippen molar-refractivity contribution in [3.63, 3.8) is 0 Å². The smallest absolute Gasteiger partial charge is 0.00739 e. The van der Waals surface area contributed by atoms with E-state index in [1.54, 1.807) is 0 Å². The molecule has 0 nitrogen and oxygen atoms in total. The predicted octanol–water partition coefficient (Wildman–Crippen LogP) is 6.31. The summed E-state index contributed by atoms with van der Waals surface area (Å²) in [6, 6.07) is 0. The largest absolute Gasteiger partial charge is 0.176 e. The van der Waals surface area contributed by atoms with Crippen LogP contribution in [-0.4, -0.2) is 15.7 Å². The minimum atomic E-state index is 0.503. The number of hydrogen-bond donors (Lipinski definition) is 3. The Morgan fingerprint density at radius 1 is 0.650 bits per heavy atom. The molecule has 20 heavy (non-hydrogen) atoms. The van der Waals surface area contributed by atoms with Gasteiger partial charge in [0.05, 0.1) is 0 Å². The molecule has 0 radical (unpaired) electrons. The van der Waals surface area contributed by atoms with Gasteiger partial charge in [0.25, 0.3) is 0 Å². The highest BCUT2D eigenvalue weighted by atomic mass is 32.1. The van der Waals surface area contributed by atoms with Gasteiger partial charge in [-0.25, -0.2) is 0 Å². The number of thiol groups is 3. The molecule has 0 saturated carbocycles. The van der Waals surface area contributed by atoms with E-state index in [1.807, 2.05) is 0 Å². The molecule has 0 bridgehead atoms. The minimum absolute atomic E-state index is 0.503. The monoisotopic (exact) mass is 336 g/mol. The van der Waals surface area contributed by atoms with Gasteiger partial charge in [-0.2, -0.15) is 37.9 Å². The van der Waals surface area contributed by atoms with E-state index < -0.39 is 0 Å². The van der Waals surface area contributed by atoms with Gasteiger partial charge in [0, 0.05) is 15.7 Å². The van der Waals surface area contributed by atoms with Crippen molar-refractivity contribution in [2.75, 3.05) is 0 Å². The Kier molecular flexibility index (Phi) is 13.2. The molecule has 0 heterocycles. The van der Waals surface area contributed by atoms with E-state index >= 15 is 0 Å². The van der Waals surface area contributed by atoms with Gasteiger partial charge >= 0.3 is 0 Å². The van der Waals surface area contributed by atoms with Crippen molar-refractivity contribution >= 4 is 37.9 Å². The van der Waals surface area contributed by atoms with E-state index in [-0.39, 0.29) is 0 Å². The third-order valence-corrected chi connectivity index (χ3v) is 6.19. The SMILES string of the molecule is CCCC(S)CC(CC)C(S)C(CC)CC(S)CCC. The Hall–Kier alpha value is 1.05. The van der Waals surface area contributed by atoms with Gasteiger partial charge in [-0.3, -0.25) is 0 Å². The maximum absolute atomic E-state index is 5.00. The second-order valence-electron chi connectivity index (χ2n) is 6.18. The van der Waals surface area contributed by atoms with Gasteiger partial charge in [-0.15, -0.1) is 0 Å². The van der Waals surface area contributed by atoms with Crippen LogP contribution in [0.2, 0.25) is 0 Å². The molecule has 0 N–H and O–H groups in total. The summed E-state index contributed by atoms with van der Waals surface area (Å²) in [5.74, 6) is 1.39. The van der Waals surface area contributed by atoms with Gasteiger partial charge in [-0.05, 0) is 37.5 Å². The number of hydrogen-bond acceptors (Lipinski definition) is 3. The molecule has 122 valence electrons. The summed E-state index contributed by atoms with van der Waals surface area (Å²) in [5.41, 5.74) is 0. The van der Waals surface area contributed by atoms with Crippen LogP contribution in [0, 0.1) is 11.8 Å². The fourth-order valence-electron chi connectivity index (χ4n) is 3.08. The van der Waals surface area contributed by atoms with E-state index in [1.165, 1.54) is 51.4 Å². The zero-order valence-electron chi connectivity index (χ0n) is 13.9. The highest BCUT2D eigenvalue weighted by Gasteiger charge is 2.27. The lowest BCUT2D eigenvalue weighted by molar-refractivity contribution is 0.329. The normalized spacial score (nSPS) is 19.4. The maximum atomic E-state index is 5.00. The quantitative estimate of drug-likeness (QED) is 0.341. The third kappa shape index (κ3) is 8.48. The van der Waals surface area contributed by atoms with Gasteiger partial charge in [0.1, 0.15) is 0 Å². The molecular weight excluding hydrogens is 300 g/mol. The number of rotatable bonds is 12. The first kappa shape index (κ1) is 21.0. The summed E-state index contributed by atoms with van der Waals surface area (Å²) in [4.78, 5) is 0. The van der Waals surface area contributed by atoms with Crippen LogP contribution in [0.1, 0.15) is 79.1 Å². The van der Waals surface area contributed by atoms with E-state index in [0.29, 0.717) is 27.6 Å². The van der Waals surface area contributed by atoms with Crippen molar-refractivity contribution in [3.8, 4) is 0 Å². The zero-order valence-corrected chi connectivity index (χ0v) is 16.6. The fraction of sp³-hybridized carbons (Fsp3) is 1.00. The Labute approximate surface area is 144 Å². The highest BCUT2D eigenvalue weighted by Crippen LogP contribution is 2.34. The lowest BCUT2D eigenvalue weighted by Gasteiger charge is -2.32. The Morgan fingerprint density at radius 2 is 1.00 bits per heavy atom. The molecule has 0 aromatic heterocycles. The van der Waals surface area contributed by atoms with Gasteiger partial charge in [0.15, 0.2) is 0 Å². The van der Waals surface area contributed by atoms with E-state index in [4.69, 9.17) is 37.9 Å². The van der Waals surface area contributed by atoms with Crippen LogP contribution in [0.5, 0.6) is 0 Å². The van der Waals surface area contributed by atoms with Crippen LogP contribution in [0.15, 0.2) is 0 Å². The van der Waals surface area contributed by atoms with Crippen molar-refractivity contribution in [2.24, 2.45) is 11.8 Å². The summed E-state index contributed by atoms with van der Waals surface area (Å²) >= 11 is 14.5. The molecule has 0 amide bonds. The van der Waals surface area contributed by atoms with Crippen molar-refractivity contribution in [2.45, 2.75) is 94.8 Å². The Morgan fingerprint density at radius 3 is 1.25 bits per heavy atom. The minimum Gasteiger partial charge on any atom is -0.176 e. The molecule has 4 atom stereocenters. The summed E-state index contributed by atoms with van der Waals surface area (Å²) in [6.07, 6.45) is 9.77. The van der Waals surface area contributed by atoms with E-state index in [9.17, 15) is 0 Å². The first-order chi connectivity index (χ1) is 9.49. The van der Waals surface area contributed by atoms with Crippen LogP contribution in [0.25, 0.3) is 0 Å². The first-order valence-corrected chi connectivity index (χ1v) is 10.1. The molecule has 0 rings (SSSR count). The zero-order chi connectivity index (χ0) is 15.5. The molecule has 0 aromatic carbocycles. The lowest BCUT2D eigenvalue weighted by Crippen LogP contribution is -2.28. The van der Waals surface area contributed by atoms with Crippen molar-refractivity contribution in [1.82, 2.24) is 0 Å². The summed E-state index contributed by atoms with van der Waals surface area (Å²) in [7, 11) is 0. The van der Waals surface area contributed by atoms with Crippen LogP contribution in [-0.2, 0) is 0 Å². The van der Waals surface area contributed by atoms with Crippen LogP contribution in [0.4, 0.5) is 0 Å². The van der Waals surface area contributed by atoms with E-state index in [0.717, 1.165) is 0 Å². The predicted molar refractivity (Wildman–Crippen MR) is 105 cm³/mol. The Bertz CT molecular complexity index is 198. The maximum Gasteiger partial charge on any atom is 0.00739 e.